The van der Waals surface area contributed by atoms with Crippen LogP contribution in [-0.2, 0) is 14.8 Å². The number of nitrogens with one attached hydrogen (secondary N) is 1. The number of hydrogen-bond acceptors (Lipinski definition) is 5. The van der Waals surface area contributed by atoms with Crippen LogP contribution in [0.1, 0.15) is 12.8 Å². The predicted molar refractivity (Wildman–Crippen MR) is 117 cm³/mol. The smallest absolute Gasteiger partial charge is 0.232 e. The second-order valence-electron chi connectivity index (χ2n) is 6.44. The summed E-state index contributed by atoms with van der Waals surface area (Å²) >= 11 is 9.31. The van der Waals surface area contributed by atoms with Gasteiger partial charge in [0.15, 0.2) is 11.5 Å². The molecule has 1 N–H and O–H groups in total. The van der Waals surface area contributed by atoms with Crippen LogP contribution >= 0.6 is 27.5 Å². The Morgan fingerprint density at radius 3 is 2.59 bits per heavy atom. The average molecular weight is 504 g/mol. The largest absolute Gasteiger partial charge is 0.486 e. The van der Waals surface area contributed by atoms with Crippen LogP contribution in [0.25, 0.3) is 0 Å². The molecule has 0 atom stereocenters. The third-order valence-corrected chi connectivity index (χ3v) is 6.61. The first-order chi connectivity index (χ1) is 13.7. The number of sulfonamides is 1. The Hall–Kier alpha value is -1.97. The lowest BCUT2D eigenvalue weighted by Gasteiger charge is -2.25. The quantitative estimate of drug-likeness (QED) is 0.616. The predicted octanol–water partition coefficient (Wildman–Crippen LogP) is 4.06. The molecule has 1 aliphatic heterocycles. The molecule has 3 rings (SSSR count). The zero-order valence-electron chi connectivity index (χ0n) is 15.7. The molecule has 0 saturated carbocycles. The van der Waals surface area contributed by atoms with E-state index in [4.69, 9.17) is 21.1 Å². The highest BCUT2D eigenvalue weighted by Gasteiger charge is 2.21. The molecule has 2 aromatic rings. The third-order valence-electron chi connectivity index (χ3n) is 4.18. The van der Waals surface area contributed by atoms with Crippen molar-refractivity contribution in [3.8, 4) is 11.5 Å². The minimum absolute atomic E-state index is 0.157. The standard InChI is InChI=1S/C19H20BrClN2O5S/c1-29(25,26)23(14-5-7-17-18(12-14)28-10-9-27-17)8-2-3-19(24)22-13-4-6-15(20)16(21)11-13/h4-7,11-12H,2-3,8-10H2,1H3,(H,22,24). The molecule has 0 aromatic heterocycles. The lowest BCUT2D eigenvalue weighted by molar-refractivity contribution is -0.116. The number of ether oxygens (including phenoxy) is 2. The van der Waals surface area contributed by atoms with E-state index in [0.717, 1.165) is 10.7 Å². The average Bonchev–Trinajstić information content (AvgIpc) is 2.67. The molecule has 2 aromatic carbocycles. The molecule has 1 amide bonds. The van der Waals surface area contributed by atoms with Gasteiger partial charge in [-0.05, 0) is 52.7 Å². The van der Waals surface area contributed by atoms with E-state index in [0.29, 0.717) is 47.5 Å². The van der Waals surface area contributed by atoms with Crippen molar-refractivity contribution in [2.24, 2.45) is 0 Å². The van der Waals surface area contributed by atoms with Crippen molar-refractivity contribution < 1.29 is 22.7 Å². The summed E-state index contributed by atoms with van der Waals surface area (Å²) in [6, 6.07) is 10.1. The highest BCUT2D eigenvalue weighted by molar-refractivity contribution is 9.10. The molecule has 1 heterocycles. The molecule has 7 nitrogen and oxygen atoms in total. The molecular formula is C19H20BrClN2O5S. The van der Waals surface area contributed by atoms with Gasteiger partial charge in [-0.15, -0.1) is 0 Å². The number of halogens is 2. The van der Waals surface area contributed by atoms with Crippen LogP contribution in [0.2, 0.25) is 5.02 Å². The molecule has 1 aliphatic rings. The van der Waals surface area contributed by atoms with Crippen molar-refractivity contribution in [3.05, 3.63) is 45.9 Å². The lowest BCUT2D eigenvalue weighted by Crippen LogP contribution is -2.31. The Morgan fingerprint density at radius 2 is 1.90 bits per heavy atom. The summed E-state index contributed by atoms with van der Waals surface area (Å²) in [4.78, 5) is 12.2. The Labute approximate surface area is 183 Å². The number of fused-ring (bicyclic) bond motifs is 1. The van der Waals surface area contributed by atoms with E-state index >= 15 is 0 Å². The summed E-state index contributed by atoms with van der Waals surface area (Å²) in [7, 11) is -3.53. The minimum atomic E-state index is -3.53. The Balaban J connectivity index is 1.62. The number of amides is 1. The third kappa shape index (κ3) is 5.77. The van der Waals surface area contributed by atoms with Gasteiger partial charge < -0.3 is 14.8 Å². The van der Waals surface area contributed by atoms with Gasteiger partial charge >= 0.3 is 0 Å². The number of carbonyl (C=O) groups is 1. The van der Waals surface area contributed by atoms with Crippen LogP contribution in [0.4, 0.5) is 11.4 Å². The van der Waals surface area contributed by atoms with Gasteiger partial charge in [0, 0.05) is 29.2 Å². The maximum Gasteiger partial charge on any atom is 0.232 e. The number of nitrogens with zero attached hydrogens (tertiary/aromatic N) is 1. The molecule has 156 valence electrons. The maximum absolute atomic E-state index is 12.3. The molecule has 0 radical (unpaired) electrons. The topological polar surface area (TPSA) is 84.9 Å². The van der Waals surface area contributed by atoms with Crippen molar-refractivity contribution in [1.29, 1.82) is 0 Å². The highest BCUT2D eigenvalue weighted by atomic mass is 79.9. The van der Waals surface area contributed by atoms with E-state index in [1.165, 1.54) is 4.31 Å². The summed E-state index contributed by atoms with van der Waals surface area (Å²) in [6.07, 6.45) is 1.63. The maximum atomic E-state index is 12.3. The van der Waals surface area contributed by atoms with E-state index in [1.807, 2.05) is 0 Å². The molecule has 0 fully saturated rings. The van der Waals surface area contributed by atoms with Gasteiger partial charge in [-0.25, -0.2) is 8.42 Å². The van der Waals surface area contributed by atoms with Gasteiger partial charge in [-0.2, -0.15) is 0 Å². The second kappa shape index (κ2) is 9.23. The fourth-order valence-corrected chi connectivity index (χ4v) is 4.24. The van der Waals surface area contributed by atoms with Crippen molar-refractivity contribution >= 4 is 54.8 Å². The van der Waals surface area contributed by atoms with Crippen LogP contribution in [-0.4, -0.2) is 40.3 Å². The first-order valence-electron chi connectivity index (χ1n) is 8.86. The lowest BCUT2D eigenvalue weighted by atomic mass is 10.2. The first kappa shape index (κ1) is 21.7. The second-order valence-corrected chi connectivity index (χ2v) is 9.61. The summed E-state index contributed by atoms with van der Waals surface area (Å²) in [5.41, 5.74) is 1.05. The fourth-order valence-electron chi connectivity index (χ4n) is 2.85. The highest BCUT2D eigenvalue weighted by Crippen LogP contribution is 2.34. The van der Waals surface area contributed by atoms with Crippen molar-refractivity contribution in [3.63, 3.8) is 0 Å². The molecule has 0 spiro atoms. The normalized spacial score (nSPS) is 13.1. The van der Waals surface area contributed by atoms with Crippen LogP contribution in [0, 0.1) is 0 Å². The number of rotatable bonds is 7. The summed E-state index contributed by atoms with van der Waals surface area (Å²) < 4.78 is 37.5. The first-order valence-corrected chi connectivity index (χ1v) is 11.9. The molecule has 0 unspecified atom stereocenters. The Bertz CT molecular complexity index is 1020. The monoisotopic (exact) mass is 502 g/mol. The Morgan fingerprint density at radius 1 is 1.17 bits per heavy atom. The summed E-state index contributed by atoms with van der Waals surface area (Å²) in [5.74, 6) is 0.868. The molecule has 0 bridgehead atoms. The van der Waals surface area contributed by atoms with Crippen molar-refractivity contribution in [1.82, 2.24) is 0 Å². The van der Waals surface area contributed by atoms with Crippen LogP contribution in [0.5, 0.6) is 11.5 Å². The van der Waals surface area contributed by atoms with Crippen LogP contribution in [0.3, 0.4) is 0 Å². The molecule has 10 heteroatoms. The fraction of sp³-hybridized carbons (Fsp3) is 0.316. The van der Waals surface area contributed by atoms with E-state index < -0.39 is 10.0 Å². The molecular weight excluding hydrogens is 484 g/mol. The van der Waals surface area contributed by atoms with E-state index in [-0.39, 0.29) is 18.9 Å². The molecule has 0 aliphatic carbocycles. The van der Waals surface area contributed by atoms with Crippen molar-refractivity contribution in [2.45, 2.75) is 12.8 Å². The molecule has 0 saturated heterocycles. The Kier molecular flexibility index (Phi) is 6.92. The number of carbonyl (C=O) groups excluding carboxylic acids is 1. The minimum Gasteiger partial charge on any atom is -0.486 e. The molecule has 29 heavy (non-hydrogen) atoms. The van der Waals surface area contributed by atoms with Gasteiger partial charge in [-0.3, -0.25) is 9.10 Å². The van der Waals surface area contributed by atoms with Gasteiger partial charge in [0.2, 0.25) is 15.9 Å². The van der Waals surface area contributed by atoms with Gasteiger partial charge in [-0.1, -0.05) is 11.6 Å². The summed E-state index contributed by atoms with van der Waals surface area (Å²) in [6.45, 7) is 1.03. The van der Waals surface area contributed by atoms with Crippen molar-refractivity contribution in [2.75, 3.05) is 35.6 Å². The SMILES string of the molecule is CS(=O)(=O)N(CCCC(=O)Nc1ccc(Br)c(Cl)c1)c1ccc2c(c1)OCCO2. The van der Waals surface area contributed by atoms with Gasteiger partial charge in [0.25, 0.3) is 0 Å². The van der Waals surface area contributed by atoms with E-state index in [2.05, 4.69) is 21.2 Å². The van der Waals surface area contributed by atoms with Gasteiger partial charge in [0.1, 0.15) is 13.2 Å². The zero-order valence-corrected chi connectivity index (χ0v) is 18.8. The number of benzene rings is 2. The van der Waals surface area contributed by atoms with Crippen LogP contribution in [0.15, 0.2) is 40.9 Å². The van der Waals surface area contributed by atoms with Gasteiger partial charge in [0.05, 0.1) is 17.0 Å². The zero-order chi connectivity index (χ0) is 21.0. The summed E-state index contributed by atoms with van der Waals surface area (Å²) in [5, 5.41) is 3.24. The number of hydrogen-bond donors (Lipinski definition) is 1. The van der Waals surface area contributed by atoms with E-state index in [1.54, 1.807) is 36.4 Å². The van der Waals surface area contributed by atoms with Crippen LogP contribution < -0.4 is 19.1 Å². The van der Waals surface area contributed by atoms with E-state index in [9.17, 15) is 13.2 Å². The number of anilines is 2.